The van der Waals surface area contributed by atoms with E-state index >= 15 is 0 Å². The molecule has 0 aliphatic heterocycles. The zero-order valence-corrected chi connectivity index (χ0v) is 12.6. The number of rotatable bonds is 4. The summed E-state index contributed by atoms with van der Waals surface area (Å²) in [7, 11) is 0. The maximum atomic E-state index is 6.33. The van der Waals surface area contributed by atoms with Crippen molar-refractivity contribution in [2.24, 2.45) is 23.5 Å². The molecule has 2 saturated carbocycles. The van der Waals surface area contributed by atoms with E-state index in [-0.39, 0.29) is 6.04 Å². The first-order valence-electron chi connectivity index (χ1n) is 7.32. The smallest absolute Gasteiger partial charge is 0.0624 e. The Balaban J connectivity index is 1.59. The Morgan fingerprint density at radius 2 is 2.05 bits per heavy atom. The van der Waals surface area contributed by atoms with Crippen LogP contribution in [0.4, 0.5) is 0 Å². The van der Waals surface area contributed by atoms with Crippen molar-refractivity contribution in [2.45, 2.75) is 44.6 Å². The van der Waals surface area contributed by atoms with Crippen LogP contribution < -0.4 is 5.73 Å². The number of halogens is 2. The number of hydrogen-bond donors (Lipinski definition) is 1. The van der Waals surface area contributed by atoms with Crippen LogP contribution in [-0.2, 0) is 6.42 Å². The Kier molecular flexibility index (Phi) is 4.07. The van der Waals surface area contributed by atoms with Gasteiger partial charge in [-0.3, -0.25) is 0 Å². The lowest BCUT2D eigenvalue weighted by Gasteiger charge is -2.25. The Hall–Kier alpha value is -0.240. The van der Waals surface area contributed by atoms with Gasteiger partial charge in [0.2, 0.25) is 0 Å². The van der Waals surface area contributed by atoms with Crippen LogP contribution >= 0.6 is 23.2 Å². The van der Waals surface area contributed by atoms with Gasteiger partial charge in [-0.15, -0.1) is 0 Å². The van der Waals surface area contributed by atoms with Gasteiger partial charge in [-0.1, -0.05) is 41.8 Å². The molecule has 0 heterocycles. The predicted octanol–water partition coefficient (Wildman–Crippen LogP) is 4.69. The molecule has 2 aliphatic rings. The highest BCUT2D eigenvalue weighted by atomic mass is 35.5. The van der Waals surface area contributed by atoms with E-state index in [0.717, 1.165) is 36.2 Å². The lowest BCUT2D eigenvalue weighted by atomic mass is 9.83. The molecule has 0 spiro atoms. The van der Waals surface area contributed by atoms with Gasteiger partial charge in [-0.25, -0.2) is 0 Å². The standard InChI is InChI=1S/C16H21Cl2N/c17-15-3-1-2-12(16(15)18)8-14(19)9-13-7-10-4-5-11(13)6-10/h1-3,10-11,13-14H,4-9,19H2. The number of hydrogen-bond acceptors (Lipinski definition) is 1. The minimum absolute atomic E-state index is 0.209. The Morgan fingerprint density at radius 1 is 1.21 bits per heavy atom. The second kappa shape index (κ2) is 5.63. The maximum Gasteiger partial charge on any atom is 0.0624 e. The molecule has 2 aliphatic carbocycles. The molecule has 1 aromatic carbocycles. The van der Waals surface area contributed by atoms with E-state index < -0.39 is 0 Å². The fourth-order valence-electron chi connectivity index (χ4n) is 4.13. The summed E-state index contributed by atoms with van der Waals surface area (Å²) in [5.41, 5.74) is 7.42. The van der Waals surface area contributed by atoms with Crippen LogP contribution in [-0.4, -0.2) is 6.04 Å². The van der Waals surface area contributed by atoms with Gasteiger partial charge in [0.1, 0.15) is 0 Å². The summed E-state index contributed by atoms with van der Waals surface area (Å²) in [5.74, 6) is 2.80. The molecule has 0 aromatic heterocycles. The van der Waals surface area contributed by atoms with Crippen molar-refractivity contribution in [1.29, 1.82) is 0 Å². The van der Waals surface area contributed by atoms with Crippen LogP contribution in [0.1, 0.15) is 37.7 Å². The van der Waals surface area contributed by atoms with E-state index in [1.165, 1.54) is 25.7 Å². The van der Waals surface area contributed by atoms with Crippen molar-refractivity contribution in [3.8, 4) is 0 Å². The molecule has 0 amide bonds. The van der Waals surface area contributed by atoms with Gasteiger partial charge in [0.05, 0.1) is 10.0 Å². The molecular weight excluding hydrogens is 277 g/mol. The first-order valence-corrected chi connectivity index (χ1v) is 8.07. The van der Waals surface area contributed by atoms with E-state index in [9.17, 15) is 0 Å². The Morgan fingerprint density at radius 3 is 2.74 bits per heavy atom. The molecule has 0 saturated heterocycles. The molecule has 3 heteroatoms. The summed E-state index contributed by atoms with van der Waals surface area (Å²) in [6.45, 7) is 0. The second-order valence-corrected chi connectivity index (χ2v) is 7.13. The van der Waals surface area contributed by atoms with Crippen LogP contribution in [0.25, 0.3) is 0 Å². The molecule has 104 valence electrons. The van der Waals surface area contributed by atoms with Crippen LogP contribution in [0, 0.1) is 17.8 Å². The van der Waals surface area contributed by atoms with E-state index in [4.69, 9.17) is 28.9 Å². The maximum absolute atomic E-state index is 6.33. The molecule has 2 bridgehead atoms. The molecule has 4 unspecified atom stereocenters. The fourth-order valence-corrected chi connectivity index (χ4v) is 4.52. The summed E-state index contributed by atoms with van der Waals surface area (Å²) < 4.78 is 0. The third kappa shape index (κ3) is 2.94. The van der Waals surface area contributed by atoms with E-state index in [1.807, 2.05) is 18.2 Å². The predicted molar refractivity (Wildman–Crippen MR) is 81.7 cm³/mol. The Labute approximate surface area is 125 Å². The summed E-state index contributed by atoms with van der Waals surface area (Å²) in [4.78, 5) is 0. The quantitative estimate of drug-likeness (QED) is 0.857. The van der Waals surface area contributed by atoms with Gasteiger partial charge < -0.3 is 5.73 Å². The molecular formula is C16H21Cl2N. The number of nitrogens with two attached hydrogens (primary N) is 1. The average molecular weight is 298 g/mol. The van der Waals surface area contributed by atoms with E-state index in [0.29, 0.717) is 10.0 Å². The third-order valence-electron chi connectivity index (χ3n) is 5.00. The zero-order valence-electron chi connectivity index (χ0n) is 11.1. The van der Waals surface area contributed by atoms with Gasteiger partial charge in [0.25, 0.3) is 0 Å². The first-order chi connectivity index (χ1) is 9.13. The van der Waals surface area contributed by atoms with Gasteiger partial charge in [0, 0.05) is 6.04 Å². The minimum atomic E-state index is 0.209. The van der Waals surface area contributed by atoms with Gasteiger partial charge >= 0.3 is 0 Å². The lowest BCUT2D eigenvalue weighted by Crippen LogP contribution is -2.28. The SMILES string of the molecule is NC(Cc1cccc(Cl)c1Cl)CC1CC2CCC1C2. The average Bonchev–Trinajstić information content (AvgIpc) is 2.97. The highest BCUT2D eigenvalue weighted by Crippen LogP contribution is 2.49. The van der Waals surface area contributed by atoms with Crippen LogP contribution in [0.5, 0.6) is 0 Å². The van der Waals surface area contributed by atoms with Crippen molar-refractivity contribution < 1.29 is 0 Å². The fraction of sp³-hybridized carbons (Fsp3) is 0.625. The van der Waals surface area contributed by atoms with E-state index in [1.54, 1.807) is 0 Å². The van der Waals surface area contributed by atoms with Crippen LogP contribution in [0.15, 0.2) is 18.2 Å². The van der Waals surface area contributed by atoms with Crippen molar-refractivity contribution >= 4 is 23.2 Å². The lowest BCUT2D eigenvalue weighted by molar-refractivity contribution is 0.294. The summed E-state index contributed by atoms with van der Waals surface area (Å²) >= 11 is 12.3. The van der Waals surface area contributed by atoms with Gasteiger partial charge in [0.15, 0.2) is 0 Å². The highest BCUT2D eigenvalue weighted by Gasteiger charge is 2.39. The third-order valence-corrected chi connectivity index (χ3v) is 5.86. The van der Waals surface area contributed by atoms with Gasteiger partial charge in [-0.05, 0) is 61.5 Å². The molecule has 1 nitrogen and oxygen atoms in total. The molecule has 2 N–H and O–H groups in total. The molecule has 3 rings (SSSR count). The first kappa shape index (κ1) is 13.7. The molecule has 0 radical (unpaired) electrons. The van der Waals surface area contributed by atoms with Crippen molar-refractivity contribution in [1.82, 2.24) is 0 Å². The molecule has 1 aromatic rings. The minimum Gasteiger partial charge on any atom is -0.327 e. The molecule has 2 fully saturated rings. The monoisotopic (exact) mass is 297 g/mol. The van der Waals surface area contributed by atoms with Crippen molar-refractivity contribution in [3.63, 3.8) is 0 Å². The van der Waals surface area contributed by atoms with Crippen molar-refractivity contribution in [2.75, 3.05) is 0 Å². The highest BCUT2D eigenvalue weighted by molar-refractivity contribution is 6.42. The second-order valence-electron chi connectivity index (χ2n) is 6.35. The summed E-state index contributed by atoms with van der Waals surface area (Å²) in [6.07, 6.45) is 7.73. The normalized spacial score (nSPS) is 30.8. The Bertz CT molecular complexity index is 460. The van der Waals surface area contributed by atoms with Crippen LogP contribution in [0.2, 0.25) is 10.0 Å². The topological polar surface area (TPSA) is 26.0 Å². The summed E-state index contributed by atoms with van der Waals surface area (Å²) in [5, 5.41) is 1.30. The van der Waals surface area contributed by atoms with Crippen molar-refractivity contribution in [3.05, 3.63) is 33.8 Å². The molecule has 19 heavy (non-hydrogen) atoms. The van der Waals surface area contributed by atoms with E-state index in [2.05, 4.69) is 0 Å². The number of fused-ring (bicyclic) bond motifs is 2. The summed E-state index contributed by atoms with van der Waals surface area (Å²) in [6, 6.07) is 6.03. The number of benzene rings is 1. The zero-order chi connectivity index (χ0) is 13.4. The largest absolute Gasteiger partial charge is 0.327 e. The van der Waals surface area contributed by atoms with Gasteiger partial charge in [-0.2, -0.15) is 0 Å². The molecule has 4 atom stereocenters. The van der Waals surface area contributed by atoms with Crippen LogP contribution in [0.3, 0.4) is 0 Å².